The average molecular weight is 386 g/mol. The van der Waals surface area contributed by atoms with Crippen LogP contribution >= 0.6 is 0 Å². The summed E-state index contributed by atoms with van der Waals surface area (Å²) < 4.78 is 93.4. The van der Waals surface area contributed by atoms with Gasteiger partial charge in [0.2, 0.25) is 0 Å². The van der Waals surface area contributed by atoms with Crippen LogP contribution in [0.2, 0.25) is 10.1 Å². The van der Waals surface area contributed by atoms with Crippen LogP contribution in [0.3, 0.4) is 0 Å². The predicted molar refractivity (Wildman–Crippen MR) is 77.2 cm³/mol. The zero-order valence-corrected chi connectivity index (χ0v) is 16.0. The van der Waals surface area contributed by atoms with Crippen LogP contribution in [-0.4, -0.2) is 37.2 Å². The van der Waals surface area contributed by atoms with E-state index >= 15 is 0 Å². The fraction of sp³-hybridized carbons (Fsp3) is 1.00. The molecule has 12 heteroatoms. The summed E-state index contributed by atoms with van der Waals surface area (Å²) >= 11 is 0. The van der Waals surface area contributed by atoms with E-state index in [0.29, 0.717) is 6.26 Å². The molecule has 0 radical (unpaired) electrons. The van der Waals surface area contributed by atoms with Gasteiger partial charge in [-0.3, -0.25) is 7.74 Å². The normalized spacial score (nSPS) is 15.9. The van der Waals surface area contributed by atoms with Crippen molar-refractivity contribution in [2.24, 2.45) is 0 Å². The minimum Gasteiger partial charge on any atom is -0.282 e. The van der Waals surface area contributed by atoms with Gasteiger partial charge in [-0.05, 0) is 0 Å². The summed E-state index contributed by atoms with van der Waals surface area (Å²) in [6, 6.07) is 0. The predicted octanol–water partition coefficient (Wildman–Crippen LogP) is 2.87. The largest absolute Gasteiger partial charge is 0.522 e. The van der Waals surface area contributed by atoms with Crippen molar-refractivity contribution < 1.29 is 37.8 Å². The molecule has 0 bridgehead atoms. The fourth-order valence-corrected chi connectivity index (χ4v) is 12.0. The first-order chi connectivity index (χ1) is 9.16. The highest BCUT2D eigenvalue weighted by molar-refractivity contribution is 7.89. The molecule has 0 rings (SSSR count). The van der Waals surface area contributed by atoms with Gasteiger partial charge in [-0.1, -0.05) is 41.5 Å². The molecule has 22 heavy (non-hydrogen) atoms. The van der Waals surface area contributed by atoms with Gasteiger partial charge in [0.15, 0.2) is 0 Å². The molecule has 0 fully saturated rings. The van der Waals surface area contributed by atoms with Crippen LogP contribution in [0.4, 0.5) is 13.2 Å². The maximum absolute atomic E-state index is 12.7. The van der Waals surface area contributed by atoms with Gasteiger partial charge in [0.05, 0.1) is 6.26 Å². The van der Waals surface area contributed by atoms with Gasteiger partial charge in [-0.15, -0.1) is 0 Å². The Hall–Kier alpha value is -0.173. The Morgan fingerprint density at radius 1 is 0.773 bits per heavy atom. The molecule has 134 valence electrons. The van der Waals surface area contributed by atoms with Gasteiger partial charge >= 0.3 is 24.2 Å². The van der Waals surface area contributed by atoms with E-state index in [4.69, 9.17) is 3.87 Å². The van der Waals surface area contributed by atoms with Crippen molar-refractivity contribution in [3.63, 3.8) is 0 Å². The van der Waals surface area contributed by atoms with Gasteiger partial charge in [-0.25, -0.2) is 8.42 Å². The molecule has 0 aromatic rings. The van der Waals surface area contributed by atoms with Gasteiger partial charge in [0.1, 0.15) is 0 Å². The van der Waals surface area contributed by atoms with Gasteiger partial charge in [0, 0.05) is 10.1 Å². The van der Waals surface area contributed by atoms with E-state index in [2.05, 4.69) is 3.87 Å². The Morgan fingerprint density at radius 2 is 1.09 bits per heavy atom. The average Bonchev–Trinajstić information content (AvgIpc) is 2.07. The number of hydrogen-bond acceptors (Lipinski definition) is 6. The van der Waals surface area contributed by atoms with Crippen LogP contribution in [0.15, 0.2) is 0 Å². The molecule has 0 unspecified atom stereocenters. The van der Waals surface area contributed by atoms with E-state index < -0.39 is 44.4 Å². The second kappa shape index (κ2) is 5.72. The van der Waals surface area contributed by atoms with Crippen LogP contribution in [0, 0.1) is 0 Å². The molecule has 0 aromatic carbocycles. The lowest BCUT2D eigenvalue weighted by Crippen LogP contribution is -2.60. The summed E-state index contributed by atoms with van der Waals surface area (Å²) in [5.74, 6) is 0. The Kier molecular flexibility index (Phi) is 5.68. The van der Waals surface area contributed by atoms with Crippen molar-refractivity contribution in [1.82, 2.24) is 0 Å². The first-order valence-corrected chi connectivity index (χ1v) is 11.1. The summed E-state index contributed by atoms with van der Waals surface area (Å²) in [6.45, 7) is 8.26. The van der Waals surface area contributed by atoms with Crippen molar-refractivity contribution in [3.8, 4) is 0 Å². The zero-order chi connectivity index (χ0) is 18.4. The second-order valence-electron chi connectivity index (χ2n) is 6.89. The standard InChI is InChI=1S/C10H21F3O6S2Si/c1-8(2,3)22(9(4,5)6,18-20(7,14)15)19-21(16,17)10(11,12)13/h1-7H3. The second-order valence-corrected chi connectivity index (χ2v) is 15.2. The van der Waals surface area contributed by atoms with Gasteiger partial charge in [-0.2, -0.15) is 21.6 Å². The fourth-order valence-electron chi connectivity index (χ4n) is 2.05. The molecule has 6 nitrogen and oxygen atoms in total. The summed E-state index contributed by atoms with van der Waals surface area (Å²) in [6.07, 6.45) is 0.635. The Bertz CT molecular complexity index is 597. The molecule has 0 amide bonds. The minimum absolute atomic E-state index is 0.635. The van der Waals surface area contributed by atoms with E-state index in [-0.39, 0.29) is 0 Å². The maximum Gasteiger partial charge on any atom is 0.522 e. The Balaban J connectivity index is 6.48. The molecule has 0 aliphatic heterocycles. The third kappa shape index (κ3) is 4.66. The van der Waals surface area contributed by atoms with Crippen molar-refractivity contribution in [2.75, 3.05) is 6.26 Å². The molecule has 0 spiro atoms. The minimum atomic E-state index is -6.02. The molecular formula is C10H21F3O6S2Si. The summed E-state index contributed by atoms with van der Waals surface area (Å²) in [5, 5.41) is -2.57. The van der Waals surface area contributed by atoms with E-state index in [9.17, 15) is 30.0 Å². The number of alkyl halides is 3. The molecule has 0 aliphatic rings. The van der Waals surface area contributed by atoms with Crippen LogP contribution in [0.5, 0.6) is 0 Å². The highest BCUT2D eigenvalue weighted by atomic mass is 32.2. The van der Waals surface area contributed by atoms with Crippen molar-refractivity contribution in [2.45, 2.75) is 57.1 Å². The molecule has 0 saturated heterocycles. The first-order valence-electron chi connectivity index (χ1n) is 6.09. The van der Waals surface area contributed by atoms with Crippen molar-refractivity contribution >= 4 is 28.8 Å². The van der Waals surface area contributed by atoms with E-state index in [1.165, 1.54) is 41.5 Å². The van der Waals surface area contributed by atoms with E-state index in [0.717, 1.165) is 0 Å². The van der Waals surface area contributed by atoms with Crippen LogP contribution < -0.4 is 0 Å². The Morgan fingerprint density at radius 3 is 1.27 bits per heavy atom. The highest BCUT2D eigenvalue weighted by Crippen LogP contribution is 2.54. The number of halogens is 3. The lowest BCUT2D eigenvalue weighted by atomic mass is 10.2. The highest BCUT2D eigenvalue weighted by Gasteiger charge is 2.66. The SMILES string of the molecule is CC(C)(C)[Si](OS(C)(=O)=O)(OS(=O)(=O)C(F)(F)F)C(C)(C)C. The summed E-state index contributed by atoms with van der Waals surface area (Å²) in [7, 11) is -14.8. The maximum atomic E-state index is 12.7. The van der Waals surface area contributed by atoms with Crippen molar-refractivity contribution in [3.05, 3.63) is 0 Å². The summed E-state index contributed by atoms with van der Waals surface area (Å²) in [4.78, 5) is 0. The third-order valence-corrected chi connectivity index (χ3v) is 11.2. The lowest BCUT2D eigenvalue weighted by molar-refractivity contribution is -0.0514. The molecule has 0 saturated carbocycles. The quantitative estimate of drug-likeness (QED) is 0.545. The van der Waals surface area contributed by atoms with E-state index in [1.54, 1.807) is 0 Å². The number of rotatable bonds is 4. The first kappa shape index (κ1) is 21.8. The molecular weight excluding hydrogens is 365 g/mol. The molecule has 0 N–H and O–H groups in total. The third-order valence-electron chi connectivity index (χ3n) is 2.75. The van der Waals surface area contributed by atoms with Crippen molar-refractivity contribution in [1.29, 1.82) is 0 Å². The zero-order valence-electron chi connectivity index (χ0n) is 13.4. The van der Waals surface area contributed by atoms with Crippen LogP contribution in [0.25, 0.3) is 0 Å². The van der Waals surface area contributed by atoms with Crippen LogP contribution in [0.1, 0.15) is 41.5 Å². The monoisotopic (exact) mass is 386 g/mol. The molecule has 0 atom stereocenters. The summed E-state index contributed by atoms with van der Waals surface area (Å²) in [5.41, 5.74) is -5.68. The topological polar surface area (TPSA) is 86.7 Å². The smallest absolute Gasteiger partial charge is 0.282 e. The molecule has 0 heterocycles. The number of hydrogen-bond donors (Lipinski definition) is 0. The molecule has 0 aliphatic carbocycles. The van der Waals surface area contributed by atoms with Crippen LogP contribution in [-0.2, 0) is 28.0 Å². The lowest BCUT2D eigenvalue weighted by Gasteiger charge is -2.46. The van der Waals surface area contributed by atoms with Gasteiger partial charge < -0.3 is 0 Å². The Labute approximate surface area is 130 Å². The van der Waals surface area contributed by atoms with Gasteiger partial charge in [0.25, 0.3) is 10.1 Å². The molecule has 0 aromatic heterocycles. The van der Waals surface area contributed by atoms with E-state index in [1.807, 2.05) is 0 Å².